The molecule has 13 heteroatoms. The molecule has 0 bridgehead atoms. The van der Waals surface area contributed by atoms with Crippen molar-refractivity contribution in [2.75, 3.05) is 0 Å². The van der Waals surface area contributed by atoms with E-state index in [1.165, 1.54) is 24.3 Å². The SMILES string of the molecule is O=C([O-])c1ccc2ccccc2n1.O=C([O-])c1ccc2ccccc2n1.O=C([O-])c1ccc2ccccc2n1.O=C([O-])c1ccc2ccccc2n1.[Ti+4]. The summed E-state index contributed by atoms with van der Waals surface area (Å²) in [4.78, 5) is 57.5. The van der Waals surface area contributed by atoms with Gasteiger partial charge in [0.15, 0.2) is 0 Å². The molecule has 4 heterocycles. The van der Waals surface area contributed by atoms with Crippen LogP contribution in [0.5, 0.6) is 0 Å². The van der Waals surface area contributed by atoms with Crippen LogP contribution in [-0.2, 0) is 21.7 Å². The first kappa shape index (κ1) is 38.9. The third kappa shape index (κ3) is 10.6. The molecule has 0 N–H and O–H groups in total. The predicted octanol–water partition coefficient (Wildman–Crippen LogP) is 2.39. The van der Waals surface area contributed by atoms with Crippen LogP contribution >= 0.6 is 0 Å². The minimum Gasteiger partial charge on any atom is -0.543 e. The molecule has 0 aliphatic carbocycles. The molecule has 0 amide bonds. The van der Waals surface area contributed by atoms with Crippen molar-refractivity contribution in [1.29, 1.82) is 0 Å². The summed E-state index contributed by atoms with van der Waals surface area (Å²) in [5.74, 6) is -4.98. The normalized spacial score (nSPS) is 9.96. The van der Waals surface area contributed by atoms with Gasteiger partial charge in [-0.15, -0.1) is 0 Å². The van der Waals surface area contributed by atoms with Gasteiger partial charge in [0, 0.05) is 21.5 Å². The number of fused-ring (bicyclic) bond motifs is 4. The van der Waals surface area contributed by atoms with E-state index in [0.717, 1.165) is 21.5 Å². The summed E-state index contributed by atoms with van der Waals surface area (Å²) in [5.41, 5.74) is 2.57. The number of carbonyl (C=O) groups is 4. The van der Waals surface area contributed by atoms with Gasteiger partial charge in [-0.2, -0.15) is 0 Å². The van der Waals surface area contributed by atoms with Gasteiger partial charge in [-0.25, -0.2) is 19.9 Å². The van der Waals surface area contributed by atoms with Gasteiger partial charge < -0.3 is 39.6 Å². The molecule has 8 aromatic rings. The van der Waals surface area contributed by atoms with Crippen molar-refractivity contribution in [3.63, 3.8) is 0 Å². The zero-order valence-electron chi connectivity index (χ0n) is 27.4. The maximum Gasteiger partial charge on any atom is 4.00 e. The Morgan fingerprint density at radius 1 is 0.302 bits per heavy atom. The minimum atomic E-state index is -1.24. The molecular formula is C40H24N4O8Ti. The number of nitrogens with zero attached hydrogens (tertiary/aromatic N) is 4. The van der Waals surface area contributed by atoms with E-state index in [-0.39, 0.29) is 44.5 Å². The zero-order valence-corrected chi connectivity index (χ0v) is 29.0. The van der Waals surface area contributed by atoms with Gasteiger partial charge in [0.1, 0.15) is 0 Å². The summed E-state index contributed by atoms with van der Waals surface area (Å²) < 4.78 is 0. The third-order valence-corrected chi connectivity index (χ3v) is 7.23. The van der Waals surface area contributed by atoms with Crippen LogP contribution in [0.4, 0.5) is 0 Å². The maximum atomic E-state index is 10.5. The molecule has 0 aliphatic rings. The van der Waals surface area contributed by atoms with Gasteiger partial charge in [-0.05, 0) is 48.5 Å². The number of carbonyl (C=O) groups excluding carboxylic acids is 4. The molecule has 0 radical (unpaired) electrons. The number of carboxylic acids is 4. The summed E-state index contributed by atoms with van der Waals surface area (Å²) in [5, 5.41) is 45.6. The maximum absolute atomic E-state index is 10.5. The van der Waals surface area contributed by atoms with E-state index in [1.807, 2.05) is 72.8 Å². The molecule has 0 saturated heterocycles. The smallest absolute Gasteiger partial charge is 0.543 e. The Bertz CT molecular complexity index is 2220. The second-order valence-corrected chi connectivity index (χ2v) is 10.7. The average Bonchev–Trinajstić information content (AvgIpc) is 3.17. The second kappa shape index (κ2) is 18.4. The molecule has 8 rings (SSSR count). The molecule has 4 aromatic carbocycles. The molecule has 4 aromatic heterocycles. The standard InChI is InChI=1S/4C10H7NO2.Ti/c4*12-10(13)9-6-5-7-3-1-2-4-8(7)11-9;/h4*1-6H,(H,12,13);/q;;;;+4/p-4. The van der Waals surface area contributed by atoms with E-state index in [9.17, 15) is 39.6 Å². The van der Waals surface area contributed by atoms with Gasteiger partial charge in [0.05, 0.1) is 68.7 Å². The monoisotopic (exact) mass is 736 g/mol. The predicted molar refractivity (Wildman–Crippen MR) is 184 cm³/mol. The van der Waals surface area contributed by atoms with Gasteiger partial charge >= 0.3 is 21.7 Å². The van der Waals surface area contributed by atoms with Crippen LogP contribution in [0.25, 0.3) is 43.6 Å². The van der Waals surface area contributed by atoms with Gasteiger partial charge in [-0.1, -0.05) is 97.1 Å². The van der Waals surface area contributed by atoms with Crippen LogP contribution < -0.4 is 20.4 Å². The Labute approximate surface area is 316 Å². The topological polar surface area (TPSA) is 212 Å². The van der Waals surface area contributed by atoms with Gasteiger partial charge in [0.25, 0.3) is 0 Å². The Balaban J connectivity index is 0.000000157. The van der Waals surface area contributed by atoms with Crippen molar-refractivity contribution in [3.05, 3.63) is 168 Å². The fourth-order valence-electron chi connectivity index (χ4n) is 4.72. The van der Waals surface area contributed by atoms with Crippen molar-refractivity contribution < 1.29 is 61.3 Å². The Hall–Kier alpha value is -6.89. The molecule has 0 spiro atoms. The van der Waals surface area contributed by atoms with E-state index < -0.39 is 23.9 Å². The number of benzene rings is 4. The Morgan fingerprint density at radius 2 is 0.491 bits per heavy atom. The molecule has 12 nitrogen and oxygen atoms in total. The Morgan fingerprint density at radius 3 is 0.679 bits per heavy atom. The van der Waals surface area contributed by atoms with Crippen molar-refractivity contribution in [2.45, 2.75) is 0 Å². The number of aromatic nitrogens is 4. The molecule has 256 valence electrons. The Kier molecular flexibility index (Phi) is 13.5. The van der Waals surface area contributed by atoms with Crippen molar-refractivity contribution in [1.82, 2.24) is 19.9 Å². The molecule has 0 atom stereocenters. The van der Waals surface area contributed by atoms with Crippen LogP contribution in [0.1, 0.15) is 42.0 Å². The van der Waals surface area contributed by atoms with E-state index in [1.54, 1.807) is 48.5 Å². The number of pyridine rings is 4. The van der Waals surface area contributed by atoms with Crippen LogP contribution in [0.3, 0.4) is 0 Å². The first-order valence-corrected chi connectivity index (χ1v) is 15.4. The van der Waals surface area contributed by atoms with E-state index in [2.05, 4.69) is 19.9 Å². The minimum absolute atomic E-state index is 0. The average molecular weight is 737 g/mol. The molecule has 53 heavy (non-hydrogen) atoms. The number of rotatable bonds is 4. The van der Waals surface area contributed by atoms with Crippen molar-refractivity contribution in [2.24, 2.45) is 0 Å². The van der Waals surface area contributed by atoms with Crippen LogP contribution in [-0.4, -0.2) is 43.8 Å². The number of hydrogen-bond donors (Lipinski definition) is 0. The first-order chi connectivity index (χ1) is 25.1. The van der Waals surface area contributed by atoms with Gasteiger partial charge in [-0.3, -0.25) is 0 Å². The van der Waals surface area contributed by atoms with E-state index >= 15 is 0 Å². The van der Waals surface area contributed by atoms with Gasteiger partial charge in [0.2, 0.25) is 0 Å². The number of carboxylic acid groups (broad SMARTS) is 4. The van der Waals surface area contributed by atoms with Crippen LogP contribution in [0, 0.1) is 0 Å². The number of para-hydroxylation sites is 4. The molecule has 0 unspecified atom stereocenters. The summed E-state index contributed by atoms with van der Waals surface area (Å²) in [6.45, 7) is 0. The molecule has 0 aliphatic heterocycles. The number of hydrogen-bond acceptors (Lipinski definition) is 12. The third-order valence-electron chi connectivity index (χ3n) is 7.23. The number of aromatic carboxylic acids is 4. The largest absolute Gasteiger partial charge is 4.00 e. The fourth-order valence-corrected chi connectivity index (χ4v) is 4.72. The summed E-state index contributed by atoms with van der Waals surface area (Å²) >= 11 is 0. The van der Waals surface area contributed by atoms with Crippen LogP contribution in [0.2, 0.25) is 0 Å². The summed E-state index contributed by atoms with van der Waals surface area (Å²) in [7, 11) is 0. The quantitative estimate of drug-likeness (QED) is 0.238. The van der Waals surface area contributed by atoms with E-state index in [0.29, 0.717) is 22.1 Å². The van der Waals surface area contributed by atoms with Crippen molar-refractivity contribution >= 4 is 67.5 Å². The van der Waals surface area contributed by atoms with E-state index in [4.69, 9.17) is 0 Å². The summed E-state index contributed by atoms with van der Waals surface area (Å²) in [6, 6.07) is 42.0. The van der Waals surface area contributed by atoms with Crippen LogP contribution in [0.15, 0.2) is 146 Å². The zero-order chi connectivity index (χ0) is 37.0. The second-order valence-electron chi connectivity index (χ2n) is 10.7. The first-order valence-electron chi connectivity index (χ1n) is 15.4. The molecule has 0 fully saturated rings. The molecular weight excluding hydrogens is 712 g/mol. The molecule has 0 saturated carbocycles. The van der Waals surface area contributed by atoms with Crippen molar-refractivity contribution in [3.8, 4) is 0 Å². The fraction of sp³-hybridized carbons (Fsp3) is 0. The summed E-state index contributed by atoms with van der Waals surface area (Å²) in [6.07, 6.45) is 0.